The molecule has 2 heterocycles. The molecule has 1 aliphatic carbocycles. The fourth-order valence-corrected chi connectivity index (χ4v) is 4.06. The summed E-state index contributed by atoms with van der Waals surface area (Å²) < 4.78 is 6.84. The van der Waals surface area contributed by atoms with Crippen LogP contribution in [-0.4, -0.2) is 23.7 Å². The molecule has 3 nitrogen and oxygen atoms in total. The zero-order valence-electron chi connectivity index (χ0n) is 11.7. The van der Waals surface area contributed by atoms with Gasteiger partial charge in [0.25, 0.3) is 0 Å². The third kappa shape index (κ3) is 2.19. The molecule has 3 rings (SSSR count). The van der Waals surface area contributed by atoms with Gasteiger partial charge in [-0.3, -0.25) is 0 Å². The lowest BCUT2D eigenvalue weighted by Crippen LogP contribution is -2.67. The fourth-order valence-electron chi connectivity index (χ4n) is 3.67. The van der Waals surface area contributed by atoms with Crippen molar-refractivity contribution < 1.29 is 4.74 Å². The highest BCUT2D eigenvalue weighted by molar-refractivity contribution is 9.10. The molecule has 1 saturated carbocycles. The molecule has 0 aromatic carbocycles. The number of aryl methyl sites for hydroxylation is 1. The number of hydrogen-bond donors (Lipinski definition) is 1. The lowest BCUT2D eigenvalue weighted by atomic mass is 9.55. The van der Waals surface area contributed by atoms with E-state index in [9.17, 15) is 0 Å². The first kappa shape index (κ1) is 13.4. The second-order valence-corrected chi connectivity index (χ2v) is 7.12. The quantitative estimate of drug-likeness (QED) is 0.841. The van der Waals surface area contributed by atoms with Crippen LogP contribution in [0.25, 0.3) is 0 Å². The average molecular weight is 325 g/mol. The van der Waals surface area contributed by atoms with Gasteiger partial charge >= 0.3 is 0 Å². The molecule has 4 heteroatoms. The lowest BCUT2D eigenvalue weighted by molar-refractivity contribution is -0.177. The van der Waals surface area contributed by atoms with Crippen LogP contribution in [-0.2, 0) is 4.74 Å². The third-order valence-corrected chi connectivity index (χ3v) is 5.14. The number of hydrogen-bond acceptors (Lipinski definition) is 3. The maximum Gasteiger partial charge on any atom is 0.106 e. The van der Waals surface area contributed by atoms with Crippen molar-refractivity contribution in [1.82, 2.24) is 4.98 Å². The van der Waals surface area contributed by atoms with E-state index in [1.54, 1.807) is 0 Å². The van der Waals surface area contributed by atoms with E-state index in [1.165, 1.54) is 12.8 Å². The van der Waals surface area contributed by atoms with Crippen molar-refractivity contribution in [3.63, 3.8) is 0 Å². The number of anilines is 1. The number of pyridine rings is 1. The van der Waals surface area contributed by atoms with E-state index in [-0.39, 0.29) is 5.41 Å². The molecule has 0 bridgehead atoms. The van der Waals surface area contributed by atoms with Crippen molar-refractivity contribution in [2.75, 3.05) is 11.9 Å². The summed E-state index contributed by atoms with van der Waals surface area (Å²) >= 11 is 3.41. The van der Waals surface area contributed by atoms with E-state index in [4.69, 9.17) is 4.74 Å². The number of nitrogens with one attached hydrogen (secondary N) is 1. The van der Waals surface area contributed by atoms with Gasteiger partial charge in [-0.05, 0) is 47.8 Å². The molecular weight excluding hydrogens is 304 g/mol. The van der Waals surface area contributed by atoms with E-state index >= 15 is 0 Å². The molecule has 0 spiro atoms. The average Bonchev–Trinajstić information content (AvgIpc) is 2.37. The molecular formula is C15H21BrN2O. The SMILES string of the molecule is Cc1nc(Br)ccc1NC1C2CCCOC2C1(C)C. The Balaban J connectivity index is 1.79. The molecule has 3 unspecified atom stereocenters. The van der Waals surface area contributed by atoms with Crippen molar-refractivity contribution in [3.8, 4) is 0 Å². The monoisotopic (exact) mass is 324 g/mol. The van der Waals surface area contributed by atoms with Crippen molar-refractivity contribution in [2.45, 2.75) is 45.8 Å². The Morgan fingerprint density at radius 3 is 2.95 bits per heavy atom. The topological polar surface area (TPSA) is 34.2 Å². The number of aromatic nitrogens is 1. The largest absolute Gasteiger partial charge is 0.380 e. The van der Waals surface area contributed by atoms with Gasteiger partial charge in [-0.25, -0.2) is 4.98 Å². The van der Waals surface area contributed by atoms with Gasteiger partial charge in [-0.2, -0.15) is 0 Å². The second-order valence-electron chi connectivity index (χ2n) is 6.31. The predicted molar refractivity (Wildman–Crippen MR) is 80.3 cm³/mol. The molecule has 2 fully saturated rings. The van der Waals surface area contributed by atoms with Crippen LogP contribution in [0.15, 0.2) is 16.7 Å². The Hall–Kier alpha value is -0.610. The Labute approximate surface area is 123 Å². The Morgan fingerprint density at radius 2 is 2.21 bits per heavy atom. The summed E-state index contributed by atoms with van der Waals surface area (Å²) in [7, 11) is 0. The van der Waals surface area contributed by atoms with Crippen LogP contribution in [0.1, 0.15) is 32.4 Å². The van der Waals surface area contributed by atoms with Crippen LogP contribution in [0.5, 0.6) is 0 Å². The summed E-state index contributed by atoms with van der Waals surface area (Å²) in [6.45, 7) is 7.58. The van der Waals surface area contributed by atoms with Gasteiger partial charge in [0.1, 0.15) is 4.60 Å². The van der Waals surface area contributed by atoms with Gasteiger partial charge in [-0.15, -0.1) is 0 Å². The lowest BCUT2D eigenvalue weighted by Gasteiger charge is -2.60. The molecule has 0 amide bonds. The predicted octanol–water partition coefficient (Wildman–Crippen LogP) is 3.77. The maximum absolute atomic E-state index is 5.95. The van der Waals surface area contributed by atoms with Gasteiger partial charge in [0, 0.05) is 24.0 Å². The van der Waals surface area contributed by atoms with Gasteiger partial charge in [0.2, 0.25) is 0 Å². The smallest absolute Gasteiger partial charge is 0.106 e. The number of halogens is 1. The first-order valence-corrected chi connectivity index (χ1v) is 7.81. The number of ether oxygens (including phenoxy) is 1. The Morgan fingerprint density at radius 1 is 1.42 bits per heavy atom. The van der Waals surface area contributed by atoms with Gasteiger partial charge in [0.15, 0.2) is 0 Å². The van der Waals surface area contributed by atoms with Crippen LogP contribution in [0, 0.1) is 18.3 Å². The summed E-state index contributed by atoms with van der Waals surface area (Å²) in [4.78, 5) is 4.46. The molecule has 3 atom stereocenters. The highest BCUT2D eigenvalue weighted by Gasteiger charge is 2.57. The first-order chi connectivity index (χ1) is 9.00. The molecule has 1 aliphatic heterocycles. The maximum atomic E-state index is 5.95. The fraction of sp³-hybridized carbons (Fsp3) is 0.667. The van der Waals surface area contributed by atoms with Crippen LogP contribution in [0.4, 0.5) is 5.69 Å². The summed E-state index contributed by atoms with van der Waals surface area (Å²) in [5.74, 6) is 0.645. The molecule has 1 saturated heterocycles. The van der Waals surface area contributed by atoms with Crippen LogP contribution >= 0.6 is 15.9 Å². The number of rotatable bonds is 2. The van der Waals surface area contributed by atoms with Crippen molar-refractivity contribution in [2.24, 2.45) is 11.3 Å². The standard InChI is InChI=1S/C15H21BrN2O/c1-9-11(6-7-12(16)17-9)18-13-10-5-4-8-19-14(10)15(13,2)3/h6-7,10,13-14,18H,4-5,8H2,1-3H3. The van der Waals surface area contributed by atoms with E-state index < -0.39 is 0 Å². The minimum atomic E-state index is 0.199. The molecule has 0 radical (unpaired) electrons. The number of fused-ring (bicyclic) bond motifs is 1. The minimum Gasteiger partial charge on any atom is -0.380 e. The van der Waals surface area contributed by atoms with E-state index in [0.717, 1.165) is 22.6 Å². The Bertz CT molecular complexity index is 489. The third-order valence-electron chi connectivity index (χ3n) is 4.69. The molecule has 1 aromatic rings. The number of nitrogens with zero attached hydrogens (tertiary/aromatic N) is 1. The molecule has 104 valence electrons. The van der Waals surface area contributed by atoms with E-state index in [0.29, 0.717) is 18.1 Å². The highest BCUT2D eigenvalue weighted by Crippen LogP contribution is 2.52. The molecule has 19 heavy (non-hydrogen) atoms. The Kier molecular flexibility index (Phi) is 3.34. The summed E-state index contributed by atoms with van der Waals surface area (Å²) in [5, 5.41) is 3.70. The summed E-state index contributed by atoms with van der Waals surface area (Å²) in [6.07, 6.45) is 2.88. The van der Waals surface area contributed by atoms with Crippen molar-refractivity contribution in [3.05, 3.63) is 22.4 Å². The van der Waals surface area contributed by atoms with Crippen LogP contribution in [0.3, 0.4) is 0 Å². The second kappa shape index (κ2) is 4.74. The van der Waals surface area contributed by atoms with Crippen molar-refractivity contribution in [1.29, 1.82) is 0 Å². The molecule has 2 aliphatic rings. The van der Waals surface area contributed by atoms with E-state index in [2.05, 4.69) is 46.1 Å². The van der Waals surface area contributed by atoms with Gasteiger partial charge < -0.3 is 10.1 Å². The van der Waals surface area contributed by atoms with Crippen LogP contribution < -0.4 is 5.32 Å². The zero-order valence-corrected chi connectivity index (χ0v) is 13.3. The molecule has 1 aromatic heterocycles. The molecule has 1 N–H and O–H groups in total. The van der Waals surface area contributed by atoms with Crippen molar-refractivity contribution >= 4 is 21.6 Å². The zero-order chi connectivity index (χ0) is 13.6. The summed E-state index contributed by atoms with van der Waals surface area (Å²) in [5.41, 5.74) is 2.39. The normalized spacial score (nSPS) is 32.3. The van der Waals surface area contributed by atoms with E-state index in [1.807, 2.05) is 13.0 Å². The summed E-state index contributed by atoms with van der Waals surface area (Å²) in [6, 6.07) is 4.59. The van der Waals surface area contributed by atoms with Gasteiger partial charge in [0.05, 0.1) is 17.5 Å². The highest BCUT2D eigenvalue weighted by atomic mass is 79.9. The minimum absolute atomic E-state index is 0.199. The van der Waals surface area contributed by atoms with Gasteiger partial charge in [-0.1, -0.05) is 13.8 Å². The first-order valence-electron chi connectivity index (χ1n) is 7.01. The van der Waals surface area contributed by atoms with Crippen LogP contribution in [0.2, 0.25) is 0 Å².